The highest BCUT2D eigenvalue weighted by Crippen LogP contribution is 2.33. The van der Waals surface area contributed by atoms with Crippen molar-refractivity contribution in [2.75, 3.05) is 7.11 Å². The number of aromatic nitrogens is 2. The zero-order valence-corrected chi connectivity index (χ0v) is 8.97. The van der Waals surface area contributed by atoms with Gasteiger partial charge in [0.1, 0.15) is 5.75 Å². The van der Waals surface area contributed by atoms with E-state index in [-0.39, 0.29) is 0 Å². The lowest BCUT2D eigenvalue weighted by Gasteiger charge is -2.06. The quantitative estimate of drug-likeness (QED) is 0.833. The average molecular weight is 241 g/mol. The normalized spacial score (nSPS) is 10.7. The van der Waals surface area contributed by atoms with Crippen LogP contribution in [0.25, 0.3) is 10.9 Å². The van der Waals surface area contributed by atoms with Crippen molar-refractivity contribution in [3.8, 4) is 5.75 Å². The smallest absolute Gasteiger partial charge is 0.132 e. The molecule has 0 atom stereocenters. The molecule has 3 nitrogen and oxygen atoms in total. The van der Waals surface area contributed by atoms with Crippen LogP contribution >= 0.6 is 15.9 Å². The fourth-order valence-electron chi connectivity index (χ4n) is 1.45. The molecule has 1 aromatic carbocycles. The summed E-state index contributed by atoms with van der Waals surface area (Å²) < 4.78 is 6.30. The molecular weight excluding hydrogens is 232 g/mol. The predicted molar refractivity (Wildman–Crippen MR) is 55.1 cm³/mol. The number of methoxy groups -OCH3 is 1. The number of hydrogen-bond donors (Lipinski definition) is 1. The largest absolute Gasteiger partial charge is 0.496 e. The Hall–Kier alpha value is -1.03. The van der Waals surface area contributed by atoms with E-state index in [4.69, 9.17) is 4.74 Å². The summed E-state index contributed by atoms with van der Waals surface area (Å²) in [5.41, 5.74) is 2.07. The van der Waals surface area contributed by atoms with Gasteiger partial charge in [-0.15, -0.1) is 0 Å². The SMILES string of the molecule is COc1c(C)cc(Br)c2[nH]ncc12. The number of H-pyrrole nitrogens is 1. The number of benzene rings is 1. The number of aromatic amines is 1. The maximum atomic E-state index is 5.29. The van der Waals surface area contributed by atoms with Crippen LogP contribution in [0.15, 0.2) is 16.7 Å². The molecule has 0 spiro atoms. The molecule has 0 unspecified atom stereocenters. The molecule has 0 bridgehead atoms. The molecule has 0 fully saturated rings. The van der Waals surface area contributed by atoms with E-state index in [0.717, 1.165) is 26.7 Å². The Morgan fingerprint density at radius 3 is 3.00 bits per heavy atom. The Balaban J connectivity index is 2.88. The molecule has 0 saturated carbocycles. The minimum absolute atomic E-state index is 0.881. The van der Waals surface area contributed by atoms with Gasteiger partial charge in [-0.05, 0) is 34.5 Å². The Kier molecular flexibility index (Phi) is 2.00. The first kappa shape index (κ1) is 8.56. The number of rotatable bonds is 1. The van der Waals surface area contributed by atoms with Gasteiger partial charge in [0.05, 0.1) is 24.2 Å². The second-order valence-corrected chi connectivity index (χ2v) is 3.72. The summed E-state index contributed by atoms with van der Waals surface area (Å²) in [5, 5.41) is 7.90. The molecule has 0 aliphatic rings. The third-order valence-electron chi connectivity index (χ3n) is 2.03. The van der Waals surface area contributed by atoms with Crippen molar-refractivity contribution in [2.24, 2.45) is 0 Å². The van der Waals surface area contributed by atoms with Gasteiger partial charge in [-0.25, -0.2) is 0 Å². The summed E-state index contributed by atoms with van der Waals surface area (Å²) in [6, 6.07) is 2.01. The third kappa shape index (κ3) is 1.21. The Morgan fingerprint density at radius 2 is 2.31 bits per heavy atom. The Labute approximate surface area is 84.2 Å². The summed E-state index contributed by atoms with van der Waals surface area (Å²) in [5.74, 6) is 0.881. The fraction of sp³-hybridized carbons (Fsp3) is 0.222. The molecule has 13 heavy (non-hydrogen) atoms. The molecule has 2 rings (SSSR count). The number of fused-ring (bicyclic) bond motifs is 1. The first-order valence-electron chi connectivity index (χ1n) is 3.90. The molecule has 0 aliphatic heterocycles. The molecular formula is C9H9BrN2O. The van der Waals surface area contributed by atoms with Crippen molar-refractivity contribution >= 4 is 26.8 Å². The lowest BCUT2D eigenvalue weighted by atomic mass is 10.1. The van der Waals surface area contributed by atoms with Crippen LogP contribution in [0.3, 0.4) is 0 Å². The van der Waals surface area contributed by atoms with Crippen LogP contribution in [0, 0.1) is 6.92 Å². The van der Waals surface area contributed by atoms with Gasteiger partial charge < -0.3 is 4.74 Å². The minimum Gasteiger partial charge on any atom is -0.496 e. The van der Waals surface area contributed by atoms with E-state index in [0.29, 0.717) is 0 Å². The highest BCUT2D eigenvalue weighted by atomic mass is 79.9. The van der Waals surface area contributed by atoms with Crippen LogP contribution in [0.1, 0.15) is 5.56 Å². The van der Waals surface area contributed by atoms with E-state index in [1.165, 1.54) is 0 Å². The minimum atomic E-state index is 0.881. The molecule has 1 heterocycles. The highest BCUT2D eigenvalue weighted by molar-refractivity contribution is 9.10. The van der Waals surface area contributed by atoms with Gasteiger partial charge in [0, 0.05) is 4.47 Å². The van der Waals surface area contributed by atoms with Gasteiger partial charge in [0.15, 0.2) is 0 Å². The number of aryl methyl sites for hydroxylation is 1. The van der Waals surface area contributed by atoms with Gasteiger partial charge in [0.25, 0.3) is 0 Å². The zero-order valence-electron chi connectivity index (χ0n) is 7.39. The van der Waals surface area contributed by atoms with Crippen LogP contribution in [0.4, 0.5) is 0 Å². The van der Waals surface area contributed by atoms with Crippen molar-refractivity contribution < 1.29 is 4.74 Å². The van der Waals surface area contributed by atoms with Crippen LogP contribution in [0.5, 0.6) is 5.75 Å². The molecule has 1 N–H and O–H groups in total. The molecule has 0 radical (unpaired) electrons. The van der Waals surface area contributed by atoms with Crippen molar-refractivity contribution in [1.82, 2.24) is 10.2 Å². The van der Waals surface area contributed by atoms with E-state index < -0.39 is 0 Å². The van der Waals surface area contributed by atoms with Gasteiger partial charge in [-0.1, -0.05) is 0 Å². The van der Waals surface area contributed by atoms with Crippen LogP contribution in [-0.4, -0.2) is 17.3 Å². The first-order chi connectivity index (χ1) is 6.24. The van der Waals surface area contributed by atoms with Gasteiger partial charge in [-0.2, -0.15) is 5.10 Å². The van der Waals surface area contributed by atoms with Gasteiger partial charge in [0.2, 0.25) is 0 Å². The van der Waals surface area contributed by atoms with Crippen molar-refractivity contribution in [3.05, 3.63) is 22.3 Å². The Bertz CT molecular complexity index is 450. The van der Waals surface area contributed by atoms with E-state index in [9.17, 15) is 0 Å². The maximum absolute atomic E-state index is 5.29. The highest BCUT2D eigenvalue weighted by Gasteiger charge is 2.09. The molecule has 0 saturated heterocycles. The van der Waals surface area contributed by atoms with Crippen molar-refractivity contribution in [1.29, 1.82) is 0 Å². The summed E-state index contributed by atoms with van der Waals surface area (Å²) >= 11 is 3.46. The summed E-state index contributed by atoms with van der Waals surface area (Å²) in [4.78, 5) is 0. The van der Waals surface area contributed by atoms with E-state index in [1.807, 2.05) is 13.0 Å². The Morgan fingerprint density at radius 1 is 1.54 bits per heavy atom. The molecule has 2 aromatic rings. The summed E-state index contributed by atoms with van der Waals surface area (Å²) in [6.45, 7) is 2.01. The fourth-order valence-corrected chi connectivity index (χ4v) is 2.10. The van der Waals surface area contributed by atoms with E-state index in [1.54, 1.807) is 13.3 Å². The summed E-state index contributed by atoms with van der Waals surface area (Å²) in [6.07, 6.45) is 1.77. The van der Waals surface area contributed by atoms with Gasteiger partial charge in [-0.3, -0.25) is 5.10 Å². The number of hydrogen-bond acceptors (Lipinski definition) is 2. The molecule has 0 aliphatic carbocycles. The number of halogens is 1. The zero-order chi connectivity index (χ0) is 9.42. The third-order valence-corrected chi connectivity index (χ3v) is 2.65. The number of ether oxygens (including phenoxy) is 1. The predicted octanol–water partition coefficient (Wildman–Crippen LogP) is 2.64. The molecule has 4 heteroatoms. The standard InChI is InChI=1S/C9H9BrN2O/c1-5-3-7(10)8-6(4-11-12-8)9(5)13-2/h3-4H,1-2H3,(H,11,12). The number of nitrogens with one attached hydrogen (secondary N) is 1. The summed E-state index contributed by atoms with van der Waals surface area (Å²) in [7, 11) is 1.67. The van der Waals surface area contributed by atoms with E-state index in [2.05, 4.69) is 26.1 Å². The molecule has 0 amide bonds. The second kappa shape index (κ2) is 3.03. The lowest BCUT2D eigenvalue weighted by Crippen LogP contribution is -1.88. The monoisotopic (exact) mass is 240 g/mol. The van der Waals surface area contributed by atoms with Crippen LogP contribution in [-0.2, 0) is 0 Å². The lowest BCUT2D eigenvalue weighted by molar-refractivity contribution is 0.417. The van der Waals surface area contributed by atoms with E-state index >= 15 is 0 Å². The van der Waals surface area contributed by atoms with Gasteiger partial charge >= 0.3 is 0 Å². The number of nitrogens with zero attached hydrogens (tertiary/aromatic N) is 1. The molecule has 1 aromatic heterocycles. The molecule has 68 valence electrons. The first-order valence-corrected chi connectivity index (χ1v) is 4.69. The van der Waals surface area contributed by atoms with Crippen LogP contribution < -0.4 is 4.74 Å². The topological polar surface area (TPSA) is 37.9 Å². The second-order valence-electron chi connectivity index (χ2n) is 2.87. The van der Waals surface area contributed by atoms with Crippen molar-refractivity contribution in [2.45, 2.75) is 6.92 Å². The van der Waals surface area contributed by atoms with Crippen molar-refractivity contribution in [3.63, 3.8) is 0 Å². The average Bonchev–Trinajstić information content (AvgIpc) is 2.53. The van der Waals surface area contributed by atoms with Crippen LogP contribution in [0.2, 0.25) is 0 Å². The maximum Gasteiger partial charge on any atom is 0.132 e.